The van der Waals surface area contributed by atoms with Crippen LogP contribution in [0.2, 0.25) is 0 Å². The largest absolute Gasteiger partial charge is 0.447 e. The zero-order valence-corrected chi connectivity index (χ0v) is 13.5. The maximum absolute atomic E-state index is 11.8. The van der Waals surface area contributed by atoms with Gasteiger partial charge in [-0.25, -0.2) is 4.79 Å². The Kier molecular flexibility index (Phi) is 4.46. The smallest absolute Gasteiger partial charge is 0.414 e. The summed E-state index contributed by atoms with van der Waals surface area (Å²) in [5.74, 6) is 0. The van der Waals surface area contributed by atoms with Crippen LogP contribution in [0.1, 0.15) is 23.7 Å². The van der Waals surface area contributed by atoms with Crippen LogP contribution < -0.4 is 10.2 Å². The number of nitrogens with zero attached hydrogens (tertiary/aromatic N) is 2. The van der Waals surface area contributed by atoms with Crippen LogP contribution in [0, 0.1) is 6.92 Å². The normalized spacial score (nSPS) is 14.0. The molecule has 1 aromatic carbocycles. The number of anilines is 2. The molecule has 5 nitrogen and oxygen atoms in total. The third kappa shape index (κ3) is 3.28. The van der Waals surface area contributed by atoms with Crippen molar-refractivity contribution < 1.29 is 9.53 Å². The fourth-order valence-corrected chi connectivity index (χ4v) is 2.69. The molecule has 23 heavy (non-hydrogen) atoms. The summed E-state index contributed by atoms with van der Waals surface area (Å²) in [6.45, 7) is 5.86. The van der Waals surface area contributed by atoms with Gasteiger partial charge in [0.15, 0.2) is 0 Å². The lowest BCUT2D eigenvalue weighted by molar-refractivity contribution is 0.181. The minimum Gasteiger partial charge on any atom is -0.447 e. The molecule has 0 saturated carbocycles. The molecular formula is C18H21N3O2. The topological polar surface area (TPSA) is 54.5 Å². The Balaban J connectivity index is 1.73. The first-order valence-corrected chi connectivity index (χ1v) is 7.90. The summed E-state index contributed by atoms with van der Waals surface area (Å²) in [6.07, 6.45) is 2.58. The Morgan fingerprint density at radius 2 is 2.17 bits per heavy atom. The number of nitrogens with one attached hydrogen (secondary N) is 1. The molecule has 5 heteroatoms. The molecule has 0 atom stereocenters. The number of amides is 1. The van der Waals surface area contributed by atoms with Gasteiger partial charge >= 0.3 is 6.09 Å². The van der Waals surface area contributed by atoms with Crippen LogP contribution in [0.25, 0.3) is 0 Å². The molecule has 1 aliphatic rings. The highest BCUT2D eigenvalue weighted by molar-refractivity contribution is 5.91. The molecule has 1 N–H and O–H groups in total. The Bertz CT molecular complexity index is 698. The van der Waals surface area contributed by atoms with Crippen LogP contribution in [0.5, 0.6) is 0 Å². The number of carbonyl (C=O) groups excluding carboxylic acids is 1. The summed E-state index contributed by atoms with van der Waals surface area (Å²) in [7, 11) is 0. The molecule has 0 unspecified atom stereocenters. The van der Waals surface area contributed by atoms with Gasteiger partial charge in [0.2, 0.25) is 0 Å². The van der Waals surface area contributed by atoms with Crippen molar-refractivity contribution in [3.63, 3.8) is 0 Å². The van der Waals surface area contributed by atoms with Crippen LogP contribution in [0.3, 0.4) is 0 Å². The van der Waals surface area contributed by atoms with E-state index in [2.05, 4.69) is 29.4 Å². The molecule has 1 aromatic heterocycles. The van der Waals surface area contributed by atoms with Gasteiger partial charge in [-0.15, -0.1) is 0 Å². The Labute approximate surface area is 136 Å². The van der Waals surface area contributed by atoms with Gasteiger partial charge in [-0.05, 0) is 42.7 Å². The zero-order valence-electron chi connectivity index (χ0n) is 13.5. The van der Waals surface area contributed by atoms with E-state index in [0.29, 0.717) is 19.7 Å². The second-order valence-electron chi connectivity index (χ2n) is 5.58. The number of ether oxygens (including phenoxy) is 1. The number of aromatic nitrogens is 1. The number of carbonyl (C=O) groups is 1. The van der Waals surface area contributed by atoms with Crippen molar-refractivity contribution in [1.29, 1.82) is 0 Å². The lowest BCUT2D eigenvalue weighted by Gasteiger charge is -2.18. The quantitative estimate of drug-likeness (QED) is 0.918. The average molecular weight is 311 g/mol. The number of rotatable bonds is 5. The van der Waals surface area contributed by atoms with Crippen molar-refractivity contribution in [2.24, 2.45) is 0 Å². The van der Waals surface area contributed by atoms with Gasteiger partial charge < -0.3 is 10.1 Å². The first-order valence-electron chi connectivity index (χ1n) is 7.90. The SMILES string of the molecule is CCc1ccc(CNc2cccc(N3CCOC3=O)c2C)cn1. The summed E-state index contributed by atoms with van der Waals surface area (Å²) in [5, 5.41) is 3.43. The van der Waals surface area contributed by atoms with E-state index in [1.54, 1.807) is 4.90 Å². The standard InChI is InChI=1S/C18H21N3O2/c1-3-15-8-7-14(11-19-15)12-20-16-5-4-6-17(13(16)2)21-9-10-23-18(21)22/h4-8,11,20H,3,9-10,12H2,1-2H3. The molecule has 1 amide bonds. The molecule has 2 heterocycles. The third-order valence-corrected chi connectivity index (χ3v) is 4.09. The lowest BCUT2D eigenvalue weighted by atomic mass is 10.1. The number of aryl methyl sites for hydroxylation is 1. The molecule has 120 valence electrons. The van der Waals surface area contributed by atoms with Crippen molar-refractivity contribution >= 4 is 17.5 Å². The van der Waals surface area contributed by atoms with Gasteiger partial charge in [-0.3, -0.25) is 9.88 Å². The summed E-state index contributed by atoms with van der Waals surface area (Å²) < 4.78 is 5.02. The van der Waals surface area contributed by atoms with E-state index in [0.717, 1.165) is 34.6 Å². The zero-order chi connectivity index (χ0) is 16.2. The molecule has 0 spiro atoms. The van der Waals surface area contributed by atoms with Crippen molar-refractivity contribution in [2.45, 2.75) is 26.8 Å². The molecule has 0 radical (unpaired) electrons. The van der Waals surface area contributed by atoms with Gasteiger partial charge in [0.1, 0.15) is 6.61 Å². The Hall–Kier alpha value is -2.56. The first kappa shape index (κ1) is 15.3. The van der Waals surface area contributed by atoms with Crippen molar-refractivity contribution in [2.75, 3.05) is 23.4 Å². The molecule has 1 saturated heterocycles. The maximum atomic E-state index is 11.8. The number of hydrogen-bond donors (Lipinski definition) is 1. The fourth-order valence-electron chi connectivity index (χ4n) is 2.69. The molecule has 3 rings (SSSR count). The van der Waals surface area contributed by atoms with Crippen LogP contribution >= 0.6 is 0 Å². The number of benzene rings is 1. The molecule has 1 aliphatic heterocycles. The van der Waals surface area contributed by atoms with E-state index in [9.17, 15) is 4.79 Å². The van der Waals surface area contributed by atoms with E-state index >= 15 is 0 Å². The monoisotopic (exact) mass is 311 g/mol. The highest BCUT2D eigenvalue weighted by Gasteiger charge is 2.25. The number of hydrogen-bond acceptors (Lipinski definition) is 4. The first-order chi connectivity index (χ1) is 11.2. The van der Waals surface area contributed by atoms with Crippen molar-refractivity contribution in [1.82, 2.24) is 4.98 Å². The molecule has 0 aliphatic carbocycles. The highest BCUT2D eigenvalue weighted by atomic mass is 16.6. The average Bonchev–Trinajstić information content (AvgIpc) is 3.00. The highest BCUT2D eigenvalue weighted by Crippen LogP contribution is 2.29. The van der Waals surface area contributed by atoms with Crippen LogP contribution in [-0.4, -0.2) is 24.2 Å². The summed E-state index contributed by atoms with van der Waals surface area (Å²) in [5.41, 5.74) is 5.19. The minimum atomic E-state index is -0.274. The molecule has 1 fully saturated rings. The van der Waals surface area contributed by atoms with Crippen molar-refractivity contribution in [3.8, 4) is 0 Å². The van der Waals surface area contributed by atoms with Crippen LogP contribution in [0.15, 0.2) is 36.5 Å². The number of pyridine rings is 1. The number of cyclic esters (lactones) is 1. The molecular weight excluding hydrogens is 290 g/mol. The summed E-state index contributed by atoms with van der Waals surface area (Å²) in [4.78, 5) is 17.8. The van der Waals surface area contributed by atoms with Gasteiger partial charge in [-0.2, -0.15) is 0 Å². The van der Waals surface area contributed by atoms with E-state index in [1.165, 1.54) is 0 Å². The van der Waals surface area contributed by atoms with Gasteiger partial charge in [0.25, 0.3) is 0 Å². The van der Waals surface area contributed by atoms with E-state index in [4.69, 9.17) is 4.74 Å². The van der Waals surface area contributed by atoms with Gasteiger partial charge in [0.05, 0.1) is 12.2 Å². The Morgan fingerprint density at radius 3 is 2.83 bits per heavy atom. The third-order valence-electron chi connectivity index (χ3n) is 4.09. The molecule has 2 aromatic rings. The van der Waals surface area contributed by atoms with Gasteiger partial charge in [0, 0.05) is 24.1 Å². The minimum absolute atomic E-state index is 0.274. The second-order valence-corrected chi connectivity index (χ2v) is 5.58. The predicted octanol–water partition coefficient (Wildman–Crippen LogP) is 3.52. The second kappa shape index (κ2) is 6.69. The Morgan fingerprint density at radius 1 is 1.30 bits per heavy atom. The summed E-state index contributed by atoms with van der Waals surface area (Å²) >= 11 is 0. The lowest BCUT2D eigenvalue weighted by Crippen LogP contribution is -2.24. The molecule has 0 bridgehead atoms. The summed E-state index contributed by atoms with van der Waals surface area (Å²) in [6, 6.07) is 10.1. The van der Waals surface area contributed by atoms with E-state index in [1.807, 2.05) is 31.3 Å². The van der Waals surface area contributed by atoms with Crippen LogP contribution in [0.4, 0.5) is 16.2 Å². The van der Waals surface area contributed by atoms with Gasteiger partial charge in [-0.1, -0.05) is 19.1 Å². The fraction of sp³-hybridized carbons (Fsp3) is 0.333. The predicted molar refractivity (Wildman–Crippen MR) is 90.8 cm³/mol. The van der Waals surface area contributed by atoms with Crippen LogP contribution in [-0.2, 0) is 17.7 Å². The maximum Gasteiger partial charge on any atom is 0.414 e. The van der Waals surface area contributed by atoms with Crippen molar-refractivity contribution in [3.05, 3.63) is 53.3 Å². The van der Waals surface area contributed by atoms with E-state index < -0.39 is 0 Å². The van der Waals surface area contributed by atoms with E-state index in [-0.39, 0.29) is 6.09 Å².